The third kappa shape index (κ3) is 4.89. The molecule has 7 heteroatoms. The van der Waals surface area contributed by atoms with Crippen LogP contribution in [0.4, 0.5) is 5.69 Å². The van der Waals surface area contributed by atoms with E-state index in [1.807, 2.05) is 37.3 Å². The average Bonchev–Trinajstić information content (AvgIpc) is 2.55. The minimum absolute atomic E-state index is 0.00250. The normalized spacial score (nSPS) is 14.0. The molecule has 0 heterocycles. The molecule has 0 aliphatic heterocycles. The molecule has 0 unspecified atom stereocenters. The number of primary sulfonamides is 1. The van der Waals surface area contributed by atoms with Crippen LogP contribution in [-0.4, -0.2) is 20.4 Å². The van der Waals surface area contributed by atoms with Crippen molar-refractivity contribution in [2.24, 2.45) is 5.14 Å². The van der Waals surface area contributed by atoms with Gasteiger partial charge in [-0.15, -0.1) is 0 Å². The van der Waals surface area contributed by atoms with Crippen LogP contribution in [0.5, 0.6) is 0 Å². The molecule has 0 aliphatic carbocycles. The van der Waals surface area contributed by atoms with Crippen LogP contribution in [-0.2, 0) is 14.8 Å². The predicted octanol–water partition coefficient (Wildman–Crippen LogP) is 2.01. The Morgan fingerprint density at radius 1 is 1.04 bits per heavy atom. The van der Waals surface area contributed by atoms with E-state index in [0.717, 1.165) is 5.56 Å². The molecule has 4 N–H and O–H groups in total. The maximum Gasteiger partial charge on any atom is 0.241 e. The lowest BCUT2D eigenvalue weighted by atomic mass is 10.1. The number of benzene rings is 2. The number of amides is 1. The molecule has 0 aromatic heterocycles. The lowest BCUT2D eigenvalue weighted by molar-refractivity contribution is -0.117. The molecule has 24 heavy (non-hydrogen) atoms. The van der Waals surface area contributed by atoms with Gasteiger partial charge in [0, 0.05) is 11.7 Å². The van der Waals surface area contributed by atoms with Crippen molar-refractivity contribution in [3.63, 3.8) is 0 Å². The van der Waals surface area contributed by atoms with Crippen molar-refractivity contribution in [2.75, 3.05) is 5.32 Å². The van der Waals surface area contributed by atoms with Crippen LogP contribution in [0.15, 0.2) is 59.5 Å². The van der Waals surface area contributed by atoms with Gasteiger partial charge in [-0.25, -0.2) is 13.6 Å². The summed E-state index contributed by atoms with van der Waals surface area (Å²) in [5, 5.41) is 11.0. The Bertz CT molecular complexity index is 807. The van der Waals surface area contributed by atoms with Crippen LogP contribution in [0.3, 0.4) is 0 Å². The molecule has 0 spiro atoms. The molecule has 0 aliphatic rings. The zero-order chi connectivity index (χ0) is 17.7. The van der Waals surface area contributed by atoms with E-state index in [9.17, 15) is 13.2 Å². The van der Waals surface area contributed by atoms with Gasteiger partial charge in [0.1, 0.15) is 0 Å². The molecule has 0 saturated carbocycles. The van der Waals surface area contributed by atoms with Crippen molar-refractivity contribution < 1.29 is 13.2 Å². The minimum atomic E-state index is -3.80. The van der Waals surface area contributed by atoms with Crippen LogP contribution in [0.1, 0.15) is 25.5 Å². The Morgan fingerprint density at radius 3 is 2.33 bits per heavy atom. The van der Waals surface area contributed by atoms with Gasteiger partial charge in [0.05, 0.1) is 10.9 Å². The molecule has 6 nitrogen and oxygen atoms in total. The Labute approximate surface area is 142 Å². The molecular weight excluding hydrogens is 326 g/mol. The fraction of sp³-hybridized carbons (Fsp3) is 0.235. The molecule has 128 valence electrons. The molecule has 2 aromatic rings. The third-order valence-electron chi connectivity index (χ3n) is 3.62. The summed E-state index contributed by atoms with van der Waals surface area (Å²) < 4.78 is 22.7. The molecule has 0 fully saturated rings. The largest absolute Gasteiger partial charge is 0.325 e. The number of carbonyl (C=O) groups is 1. The smallest absolute Gasteiger partial charge is 0.241 e. The Balaban J connectivity index is 2.02. The van der Waals surface area contributed by atoms with Crippen LogP contribution in [0.25, 0.3) is 0 Å². The fourth-order valence-corrected chi connectivity index (χ4v) is 2.85. The van der Waals surface area contributed by atoms with E-state index in [0.29, 0.717) is 5.69 Å². The first-order valence-electron chi connectivity index (χ1n) is 7.52. The van der Waals surface area contributed by atoms with Crippen molar-refractivity contribution in [1.29, 1.82) is 0 Å². The number of nitrogens with two attached hydrogens (primary N) is 1. The number of hydrogen-bond donors (Lipinski definition) is 3. The Kier molecular flexibility index (Phi) is 5.71. The van der Waals surface area contributed by atoms with Crippen molar-refractivity contribution in [3.05, 3.63) is 60.2 Å². The number of hydrogen-bond acceptors (Lipinski definition) is 4. The van der Waals surface area contributed by atoms with Crippen LogP contribution < -0.4 is 15.8 Å². The molecule has 0 saturated heterocycles. The van der Waals surface area contributed by atoms with Gasteiger partial charge < -0.3 is 5.32 Å². The van der Waals surface area contributed by atoms with Crippen LogP contribution >= 0.6 is 0 Å². The zero-order valence-corrected chi connectivity index (χ0v) is 14.4. The number of anilines is 1. The van der Waals surface area contributed by atoms with E-state index in [1.165, 1.54) is 18.2 Å². The summed E-state index contributed by atoms with van der Waals surface area (Å²) in [5.41, 5.74) is 1.46. The van der Waals surface area contributed by atoms with Gasteiger partial charge >= 0.3 is 0 Å². The maximum absolute atomic E-state index is 12.3. The summed E-state index contributed by atoms with van der Waals surface area (Å²) in [6.45, 7) is 3.72. The zero-order valence-electron chi connectivity index (χ0n) is 13.6. The first-order valence-corrected chi connectivity index (χ1v) is 9.07. The highest BCUT2D eigenvalue weighted by molar-refractivity contribution is 7.89. The minimum Gasteiger partial charge on any atom is -0.325 e. The summed E-state index contributed by atoms with van der Waals surface area (Å²) in [7, 11) is -3.80. The number of carbonyl (C=O) groups excluding carboxylic acids is 1. The molecular formula is C17H21N3O3S. The summed E-state index contributed by atoms with van der Waals surface area (Å²) in [4.78, 5) is 12.2. The Hall–Kier alpha value is -2.22. The molecule has 0 bridgehead atoms. The quantitative estimate of drug-likeness (QED) is 0.744. The Morgan fingerprint density at radius 2 is 1.71 bits per heavy atom. The summed E-state index contributed by atoms with van der Waals surface area (Å²) >= 11 is 0. The third-order valence-corrected chi connectivity index (χ3v) is 4.53. The van der Waals surface area contributed by atoms with Crippen molar-refractivity contribution >= 4 is 21.6 Å². The number of rotatable bonds is 6. The fourth-order valence-electron chi connectivity index (χ4n) is 2.29. The van der Waals surface area contributed by atoms with Crippen molar-refractivity contribution in [3.8, 4) is 0 Å². The van der Waals surface area contributed by atoms with Gasteiger partial charge in [-0.05, 0) is 37.6 Å². The monoisotopic (exact) mass is 347 g/mol. The van der Waals surface area contributed by atoms with Crippen molar-refractivity contribution in [2.45, 2.75) is 30.8 Å². The van der Waals surface area contributed by atoms with E-state index in [4.69, 9.17) is 5.14 Å². The molecule has 2 atom stereocenters. The lowest BCUT2D eigenvalue weighted by Gasteiger charge is -2.20. The van der Waals surface area contributed by atoms with E-state index in [2.05, 4.69) is 10.6 Å². The van der Waals surface area contributed by atoms with Crippen LogP contribution in [0.2, 0.25) is 0 Å². The number of sulfonamides is 1. The second kappa shape index (κ2) is 7.57. The molecule has 0 radical (unpaired) electrons. The molecule has 2 aromatic carbocycles. The first-order chi connectivity index (χ1) is 11.3. The van der Waals surface area contributed by atoms with Gasteiger partial charge in [0.15, 0.2) is 0 Å². The van der Waals surface area contributed by atoms with E-state index in [-0.39, 0.29) is 16.8 Å². The van der Waals surface area contributed by atoms with E-state index < -0.39 is 16.1 Å². The van der Waals surface area contributed by atoms with E-state index >= 15 is 0 Å². The predicted molar refractivity (Wildman–Crippen MR) is 93.9 cm³/mol. The second-order valence-electron chi connectivity index (χ2n) is 5.58. The highest BCUT2D eigenvalue weighted by atomic mass is 32.2. The summed E-state index contributed by atoms with van der Waals surface area (Å²) in [6, 6.07) is 15.2. The van der Waals surface area contributed by atoms with Gasteiger partial charge in [0.2, 0.25) is 15.9 Å². The highest BCUT2D eigenvalue weighted by Crippen LogP contribution is 2.15. The second-order valence-corrected chi connectivity index (χ2v) is 7.14. The van der Waals surface area contributed by atoms with Gasteiger partial charge in [-0.3, -0.25) is 10.1 Å². The van der Waals surface area contributed by atoms with Gasteiger partial charge in [-0.2, -0.15) is 0 Å². The SMILES string of the molecule is C[C@@H](N[C@H](C)c1ccccc1)C(=O)Nc1cccc(S(N)(=O)=O)c1. The standard InChI is InChI=1S/C17H21N3O3S/c1-12(14-7-4-3-5-8-14)19-13(2)17(21)20-15-9-6-10-16(11-15)24(18,22)23/h3-13,19H,1-2H3,(H,20,21)(H2,18,22,23)/t12-,13-/m1/s1. The highest BCUT2D eigenvalue weighted by Gasteiger charge is 2.17. The summed E-state index contributed by atoms with van der Waals surface area (Å²) in [6.07, 6.45) is 0. The number of nitrogens with one attached hydrogen (secondary N) is 2. The first kappa shape index (κ1) is 18.1. The lowest BCUT2D eigenvalue weighted by Crippen LogP contribution is -2.39. The van der Waals surface area contributed by atoms with Gasteiger partial charge in [0.25, 0.3) is 0 Å². The average molecular weight is 347 g/mol. The molecule has 1 amide bonds. The van der Waals surface area contributed by atoms with Crippen LogP contribution in [0, 0.1) is 0 Å². The topological polar surface area (TPSA) is 101 Å². The van der Waals surface area contributed by atoms with Crippen molar-refractivity contribution in [1.82, 2.24) is 5.32 Å². The molecule has 2 rings (SSSR count). The van der Waals surface area contributed by atoms with E-state index in [1.54, 1.807) is 13.0 Å². The summed E-state index contributed by atoms with van der Waals surface area (Å²) in [5.74, 6) is -0.260. The van der Waals surface area contributed by atoms with Gasteiger partial charge in [-0.1, -0.05) is 36.4 Å². The maximum atomic E-state index is 12.3.